The number of hydrogen-bond donors (Lipinski definition) is 1. The molecule has 43 valence electrons. The van der Waals surface area contributed by atoms with Crippen LogP contribution in [0, 0.1) is 6.92 Å². The quantitative estimate of drug-likeness (QED) is 0.414. The first kappa shape index (κ1) is 9.02. The van der Waals surface area contributed by atoms with Crippen LogP contribution in [0.25, 0.3) is 0 Å². The van der Waals surface area contributed by atoms with Crippen LogP contribution in [0.1, 0.15) is 5.56 Å². The van der Waals surface area contributed by atoms with Crippen LogP contribution in [0.15, 0.2) is 24.3 Å². The molecule has 0 spiro atoms. The SMILES string of the molecule is Cc1ccccc1N.[Na]. The Labute approximate surface area is 77.5 Å². The zero-order valence-corrected chi connectivity index (χ0v) is 7.89. The minimum absolute atomic E-state index is 0. The van der Waals surface area contributed by atoms with Gasteiger partial charge in [-0.25, -0.2) is 0 Å². The molecular formula is C7H9NNa. The van der Waals surface area contributed by atoms with Gasteiger partial charge in [-0.1, -0.05) is 18.2 Å². The number of para-hydroxylation sites is 1. The molecule has 0 aliphatic rings. The molecule has 2 heteroatoms. The molecule has 0 aliphatic carbocycles. The van der Waals surface area contributed by atoms with Crippen molar-refractivity contribution in [2.75, 3.05) is 5.73 Å². The molecule has 1 rings (SSSR count). The third kappa shape index (κ3) is 2.39. The second-order valence-electron chi connectivity index (χ2n) is 1.86. The molecule has 2 N–H and O–H groups in total. The van der Waals surface area contributed by atoms with Crippen molar-refractivity contribution in [3.8, 4) is 0 Å². The maximum absolute atomic E-state index is 5.52. The first-order chi connectivity index (χ1) is 3.80. The summed E-state index contributed by atoms with van der Waals surface area (Å²) in [5.41, 5.74) is 7.53. The summed E-state index contributed by atoms with van der Waals surface area (Å²) in [5, 5.41) is 0. The largest absolute Gasteiger partial charge is 0.399 e. The molecule has 1 aromatic rings. The number of benzene rings is 1. The van der Waals surface area contributed by atoms with Crippen LogP contribution in [-0.2, 0) is 0 Å². The normalized spacial score (nSPS) is 8.11. The van der Waals surface area contributed by atoms with E-state index in [-0.39, 0.29) is 29.6 Å². The van der Waals surface area contributed by atoms with Crippen molar-refractivity contribution in [1.82, 2.24) is 0 Å². The predicted molar refractivity (Wildman–Crippen MR) is 41.3 cm³/mol. The van der Waals surface area contributed by atoms with E-state index < -0.39 is 0 Å². The van der Waals surface area contributed by atoms with Crippen molar-refractivity contribution in [3.05, 3.63) is 29.8 Å². The smallest absolute Gasteiger partial charge is 0.0343 e. The topological polar surface area (TPSA) is 26.0 Å². The molecule has 0 saturated heterocycles. The summed E-state index contributed by atoms with van der Waals surface area (Å²) in [5.74, 6) is 0. The zero-order chi connectivity index (χ0) is 5.98. The molecule has 0 heterocycles. The maximum Gasteiger partial charge on any atom is 0.0343 e. The molecule has 1 aromatic carbocycles. The molecule has 0 aliphatic heterocycles. The van der Waals surface area contributed by atoms with E-state index in [2.05, 4.69) is 0 Å². The Morgan fingerprint density at radius 3 is 2.11 bits per heavy atom. The molecule has 1 radical (unpaired) electrons. The number of aryl methyl sites for hydroxylation is 1. The van der Waals surface area contributed by atoms with Crippen LogP contribution >= 0.6 is 0 Å². The van der Waals surface area contributed by atoms with Gasteiger partial charge >= 0.3 is 0 Å². The van der Waals surface area contributed by atoms with Crippen LogP contribution < -0.4 is 5.73 Å². The number of rotatable bonds is 0. The predicted octanol–water partition coefficient (Wildman–Crippen LogP) is 1.20. The second kappa shape index (κ2) is 3.94. The number of hydrogen-bond acceptors (Lipinski definition) is 1. The van der Waals surface area contributed by atoms with Gasteiger partial charge in [-0.2, -0.15) is 0 Å². The van der Waals surface area contributed by atoms with Crippen molar-refractivity contribution in [2.45, 2.75) is 6.92 Å². The molecule has 0 bridgehead atoms. The zero-order valence-electron chi connectivity index (χ0n) is 5.89. The van der Waals surface area contributed by atoms with Crippen LogP contribution in [0.2, 0.25) is 0 Å². The molecule has 9 heavy (non-hydrogen) atoms. The molecule has 1 nitrogen and oxygen atoms in total. The monoisotopic (exact) mass is 130 g/mol. The Hall–Kier alpha value is 0.0200. The van der Waals surface area contributed by atoms with Crippen molar-refractivity contribution in [3.63, 3.8) is 0 Å². The van der Waals surface area contributed by atoms with E-state index in [1.807, 2.05) is 31.2 Å². The first-order valence-electron chi connectivity index (χ1n) is 2.62. The van der Waals surface area contributed by atoms with E-state index in [1.54, 1.807) is 0 Å². The van der Waals surface area contributed by atoms with Gasteiger partial charge < -0.3 is 5.73 Å². The number of nitrogen functional groups attached to an aromatic ring is 1. The number of anilines is 1. The van der Waals surface area contributed by atoms with Crippen LogP contribution in [0.5, 0.6) is 0 Å². The van der Waals surface area contributed by atoms with Gasteiger partial charge in [-0.15, -0.1) is 0 Å². The fourth-order valence-corrected chi connectivity index (χ4v) is 0.587. The van der Waals surface area contributed by atoms with Gasteiger partial charge in [-0.05, 0) is 18.6 Å². The van der Waals surface area contributed by atoms with Crippen molar-refractivity contribution in [1.29, 1.82) is 0 Å². The molecule has 0 atom stereocenters. The summed E-state index contributed by atoms with van der Waals surface area (Å²) in [6.07, 6.45) is 0. The summed E-state index contributed by atoms with van der Waals surface area (Å²) in [6.45, 7) is 2.00. The molecule has 0 fully saturated rings. The number of nitrogens with two attached hydrogens (primary N) is 1. The van der Waals surface area contributed by atoms with E-state index in [0.29, 0.717) is 0 Å². The first-order valence-corrected chi connectivity index (χ1v) is 2.62. The molecule has 0 aromatic heterocycles. The van der Waals surface area contributed by atoms with Crippen molar-refractivity contribution in [2.24, 2.45) is 0 Å². The molecule has 0 saturated carbocycles. The summed E-state index contributed by atoms with van der Waals surface area (Å²) < 4.78 is 0. The maximum atomic E-state index is 5.52. The second-order valence-corrected chi connectivity index (χ2v) is 1.86. The average Bonchev–Trinajstić information content (AvgIpc) is 1.77. The van der Waals surface area contributed by atoms with Crippen LogP contribution in [0.4, 0.5) is 5.69 Å². The third-order valence-electron chi connectivity index (χ3n) is 1.19. The third-order valence-corrected chi connectivity index (χ3v) is 1.19. The van der Waals surface area contributed by atoms with Gasteiger partial charge in [0.2, 0.25) is 0 Å². The van der Waals surface area contributed by atoms with E-state index >= 15 is 0 Å². The molecular weight excluding hydrogens is 121 g/mol. The van der Waals surface area contributed by atoms with Gasteiger partial charge in [0.25, 0.3) is 0 Å². The van der Waals surface area contributed by atoms with Gasteiger partial charge in [0.05, 0.1) is 0 Å². The van der Waals surface area contributed by atoms with Gasteiger partial charge in [0.1, 0.15) is 0 Å². The Morgan fingerprint density at radius 2 is 1.78 bits per heavy atom. The minimum atomic E-state index is 0. The summed E-state index contributed by atoms with van der Waals surface area (Å²) in [4.78, 5) is 0. The summed E-state index contributed by atoms with van der Waals surface area (Å²) in [6, 6.07) is 7.80. The average molecular weight is 130 g/mol. The van der Waals surface area contributed by atoms with E-state index in [9.17, 15) is 0 Å². The fraction of sp³-hybridized carbons (Fsp3) is 0.143. The Morgan fingerprint density at radius 1 is 1.22 bits per heavy atom. The summed E-state index contributed by atoms with van der Waals surface area (Å²) >= 11 is 0. The Kier molecular flexibility index (Phi) is 3.95. The van der Waals surface area contributed by atoms with E-state index in [1.165, 1.54) is 0 Å². The van der Waals surface area contributed by atoms with Crippen molar-refractivity contribution >= 4 is 35.2 Å². The van der Waals surface area contributed by atoms with Gasteiger partial charge in [0, 0.05) is 35.2 Å². The standard InChI is InChI=1S/C7H9N.Na/c1-6-4-2-3-5-7(6)8;/h2-5H,8H2,1H3;. The van der Waals surface area contributed by atoms with Crippen LogP contribution in [0.3, 0.4) is 0 Å². The van der Waals surface area contributed by atoms with Gasteiger partial charge in [0.15, 0.2) is 0 Å². The summed E-state index contributed by atoms with van der Waals surface area (Å²) in [7, 11) is 0. The van der Waals surface area contributed by atoms with Crippen molar-refractivity contribution < 1.29 is 0 Å². The fourth-order valence-electron chi connectivity index (χ4n) is 0.587. The van der Waals surface area contributed by atoms with E-state index in [4.69, 9.17) is 5.73 Å². The van der Waals surface area contributed by atoms with Crippen LogP contribution in [-0.4, -0.2) is 29.6 Å². The van der Waals surface area contributed by atoms with E-state index in [0.717, 1.165) is 11.3 Å². The Bertz CT molecular complexity index is 165. The minimum Gasteiger partial charge on any atom is -0.399 e. The molecule has 0 unspecified atom stereocenters. The molecule has 0 amide bonds. The van der Waals surface area contributed by atoms with Gasteiger partial charge in [-0.3, -0.25) is 0 Å². The Balaban J connectivity index is 0.000000640.